The smallest absolute Gasteiger partial charge is 0.0301 e. The molecular weight excluding hydrogens is 242 g/mol. The van der Waals surface area contributed by atoms with Crippen molar-refractivity contribution < 1.29 is 0 Å². The molecule has 1 heteroatoms. The molecule has 2 rings (SSSR count). The molecule has 0 saturated carbocycles. The van der Waals surface area contributed by atoms with Crippen LogP contribution in [0, 0.1) is 0 Å². The Bertz CT molecular complexity index is 513. The average molecular weight is 269 g/mol. The maximum absolute atomic E-state index is 6.40. The van der Waals surface area contributed by atoms with Gasteiger partial charge in [0.2, 0.25) is 0 Å². The third-order valence-electron chi connectivity index (χ3n) is 4.09. The van der Waals surface area contributed by atoms with Gasteiger partial charge in [0.05, 0.1) is 0 Å². The quantitative estimate of drug-likeness (QED) is 0.621. The van der Waals surface area contributed by atoms with E-state index in [0.717, 1.165) is 6.42 Å². The Morgan fingerprint density at radius 2 is 1.55 bits per heavy atom. The van der Waals surface area contributed by atoms with Crippen LogP contribution in [0.5, 0.6) is 0 Å². The first-order valence-corrected chi connectivity index (χ1v) is 8.06. The highest BCUT2D eigenvalue weighted by atomic mass is 14.6. The molecule has 1 unspecified atom stereocenters. The number of hydrogen-bond acceptors (Lipinski definition) is 1. The maximum Gasteiger partial charge on any atom is 0.0301 e. The largest absolute Gasteiger partial charge is 0.324 e. The number of nitrogens with two attached hydrogens (primary N) is 1. The molecule has 20 heavy (non-hydrogen) atoms. The van der Waals surface area contributed by atoms with E-state index in [1.54, 1.807) is 0 Å². The van der Waals surface area contributed by atoms with E-state index in [4.69, 9.17) is 5.73 Å². The summed E-state index contributed by atoms with van der Waals surface area (Å²) in [6, 6.07) is 15.2. The zero-order valence-electron chi connectivity index (χ0n) is 12.6. The molecule has 0 aliphatic carbocycles. The highest BCUT2D eigenvalue weighted by molar-refractivity contribution is 5.86. The predicted octanol–water partition coefficient (Wildman–Crippen LogP) is 5.59. The first-order valence-electron chi connectivity index (χ1n) is 8.06. The van der Waals surface area contributed by atoms with Gasteiger partial charge in [-0.05, 0) is 22.8 Å². The van der Waals surface area contributed by atoms with Crippen molar-refractivity contribution in [2.75, 3.05) is 0 Å². The summed E-state index contributed by atoms with van der Waals surface area (Å²) >= 11 is 0. The lowest BCUT2D eigenvalue weighted by Gasteiger charge is -2.14. The molecule has 0 fully saturated rings. The fourth-order valence-corrected chi connectivity index (χ4v) is 2.87. The molecule has 0 bridgehead atoms. The fraction of sp³-hybridized carbons (Fsp3) is 0.474. The third kappa shape index (κ3) is 4.08. The molecule has 0 spiro atoms. The van der Waals surface area contributed by atoms with Gasteiger partial charge in [-0.3, -0.25) is 0 Å². The summed E-state index contributed by atoms with van der Waals surface area (Å²) < 4.78 is 0. The molecule has 2 aromatic carbocycles. The van der Waals surface area contributed by atoms with Gasteiger partial charge >= 0.3 is 0 Å². The van der Waals surface area contributed by atoms with Gasteiger partial charge in [0.15, 0.2) is 0 Å². The van der Waals surface area contributed by atoms with Crippen LogP contribution in [0.1, 0.15) is 63.5 Å². The average Bonchev–Trinajstić information content (AvgIpc) is 2.50. The van der Waals surface area contributed by atoms with Crippen LogP contribution in [-0.2, 0) is 0 Å². The molecule has 0 radical (unpaired) electrons. The van der Waals surface area contributed by atoms with Gasteiger partial charge < -0.3 is 5.73 Å². The van der Waals surface area contributed by atoms with Crippen molar-refractivity contribution in [2.45, 2.75) is 57.9 Å². The van der Waals surface area contributed by atoms with Crippen molar-refractivity contribution >= 4 is 10.8 Å². The Morgan fingerprint density at radius 3 is 2.40 bits per heavy atom. The van der Waals surface area contributed by atoms with Crippen molar-refractivity contribution in [2.24, 2.45) is 5.73 Å². The molecule has 0 amide bonds. The summed E-state index contributed by atoms with van der Waals surface area (Å²) in [5, 5.41) is 2.61. The van der Waals surface area contributed by atoms with E-state index in [0.29, 0.717) is 0 Å². The zero-order valence-corrected chi connectivity index (χ0v) is 12.6. The van der Waals surface area contributed by atoms with Gasteiger partial charge in [0, 0.05) is 6.04 Å². The minimum Gasteiger partial charge on any atom is -0.324 e. The number of benzene rings is 2. The van der Waals surface area contributed by atoms with Gasteiger partial charge in [0.25, 0.3) is 0 Å². The minimum absolute atomic E-state index is 0.173. The van der Waals surface area contributed by atoms with Crippen molar-refractivity contribution in [1.82, 2.24) is 0 Å². The van der Waals surface area contributed by atoms with Gasteiger partial charge in [0.1, 0.15) is 0 Å². The standard InChI is InChI=1S/C19H27N/c1-2-3-4-5-6-7-15-19(20)18-14-10-12-16-11-8-9-13-17(16)18/h8-14,19H,2-7,15,20H2,1H3. The van der Waals surface area contributed by atoms with Crippen molar-refractivity contribution in [1.29, 1.82) is 0 Å². The van der Waals surface area contributed by atoms with Crippen LogP contribution < -0.4 is 5.73 Å². The van der Waals surface area contributed by atoms with Crippen molar-refractivity contribution in [3.05, 3.63) is 48.0 Å². The Balaban J connectivity index is 1.89. The van der Waals surface area contributed by atoms with Crippen LogP contribution in [0.3, 0.4) is 0 Å². The zero-order chi connectivity index (χ0) is 14.2. The molecule has 0 aliphatic rings. The first kappa shape index (κ1) is 15.1. The van der Waals surface area contributed by atoms with Gasteiger partial charge in [-0.2, -0.15) is 0 Å². The van der Waals surface area contributed by atoms with E-state index in [2.05, 4.69) is 49.4 Å². The normalized spacial score (nSPS) is 12.7. The van der Waals surface area contributed by atoms with E-state index in [1.807, 2.05) is 0 Å². The number of fused-ring (bicyclic) bond motifs is 1. The highest BCUT2D eigenvalue weighted by Crippen LogP contribution is 2.26. The molecule has 2 N–H and O–H groups in total. The molecule has 0 heterocycles. The Labute approximate surface area is 123 Å². The van der Waals surface area contributed by atoms with Gasteiger partial charge in [-0.1, -0.05) is 87.9 Å². The van der Waals surface area contributed by atoms with Crippen LogP contribution in [0.4, 0.5) is 0 Å². The Hall–Kier alpha value is -1.34. The predicted molar refractivity (Wildman–Crippen MR) is 88.9 cm³/mol. The van der Waals surface area contributed by atoms with E-state index >= 15 is 0 Å². The molecule has 1 nitrogen and oxygen atoms in total. The number of rotatable bonds is 8. The SMILES string of the molecule is CCCCCCCCC(N)c1cccc2ccccc12. The van der Waals surface area contributed by atoms with Crippen molar-refractivity contribution in [3.8, 4) is 0 Å². The van der Waals surface area contributed by atoms with E-state index in [-0.39, 0.29) is 6.04 Å². The molecule has 0 aliphatic heterocycles. The summed E-state index contributed by atoms with van der Waals surface area (Å²) in [4.78, 5) is 0. The number of hydrogen-bond donors (Lipinski definition) is 1. The molecule has 108 valence electrons. The van der Waals surface area contributed by atoms with E-state index in [9.17, 15) is 0 Å². The van der Waals surface area contributed by atoms with Crippen LogP contribution in [0.15, 0.2) is 42.5 Å². The second kappa shape index (κ2) is 8.06. The fourth-order valence-electron chi connectivity index (χ4n) is 2.87. The Morgan fingerprint density at radius 1 is 0.850 bits per heavy atom. The van der Waals surface area contributed by atoms with E-state index < -0.39 is 0 Å². The monoisotopic (exact) mass is 269 g/mol. The van der Waals surface area contributed by atoms with Crippen molar-refractivity contribution in [3.63, 3.8) is 0 Å². The molecule has 0 saturated heterocycles. The molecule has 2 aromatic rings. The summed E-state index contributed by atoms with van der Waals surface area (Å²) in [5.74, 6) is 0. The van der Waals surface area contributed by atoms with E-state index in [1.165, 1.54) is 54.9 Å². The number of unbranched alkanes of at least 4 members (excludes halogenated alkanes) is 5. The maximum atomic E-state index is 6.40. The lowest BCUT2D eigenvalue weighted by atomic mass is 9.95. The Kier molecular flexibility index (Phi) is 6.07. The van der Waals surface area contributed by atoms with Crippen LogP contribution in [0.2, 0.25) is 0 Å². The second-order valence-corrected chi connectivity index (χ2v) is 5.73. The lowest BCUT2D eigenvalue weighted by molar-refractivity contribution is 0.549. The third-order valence-corrected chi connectivity index (χ3v) is 4.09. The van der Waals surface area contributed by atoms with Crippen LogP contribution in [-0.4, -0.2) is 0 Å². The second-order valence-electron chi connectivity index (χ2n) is 5.73. The minimum atomic E-state index is 0.173. The first-order chi connectivity index (χ1) is 9.83. The summed E-state index contributed by atoms with van der Waals surface area (Å²) in [5.41, 5.74) is 7.70. The molecule has 1 atom stereocenters. The van der Waals surface area contributed by atoms with Gasteiger partial charge in [-0.25, -0.2) is 0 Å². The summed E-state index contributed by atoms with van der Waals surface area (Å²) in [6.07, 6.45) is 9.08. The van der Waals surface area contributed by atoms with Gasteiger partial charge in [-0.15, -0.1) is 0 Å². The highest BCUT2D eigenvalue weighted by Gasteiger charge is 2.09. The lowest BCUT2D eigenvalue weighted by Crippen LogP contribution is -2.10. The topological polar surface area (TPSA) is 26.0 Å². The van der Waals surface area contributed by atoms with Crippen LogP contribution in [0.25, 0.3) is 10.8 Å². The van der Waals surface area contributed by atoms with Crippen LogP contribution >= 0.6 is 0 Å². The summed E-state index contributed by atoms with van der Waals surface area (Å²) in [7, 11) is 0. The molecule has 0 aromatic heterocycles. The summed E-state index contributed by atoms with van der Waals surface area (Å²) in [6.45, 7) is 2.26. The molecular formula is C19H27N.